The van der Waals surface area contributed by atoms with E-state index in [-0.39, 0.29) is 11.4 Å². The van der Waals surface area contributed by atoms with Crippen LogP contribution in [0.15, 0.2) is 0 Å². The Morgan fingerprint density at radius 3 is 2.56 bits per heavy atom. The largest absolute Gasteiger partial charge is 0.351 e. The molecule has 1 saturated carbocycles. The second kappa shape index (κ2) is 4.25. The number of rotatable bonds is 1. The van der Waals surface area contributed by atoms with Gasteiger partial charge in [-0.2, -0.15) is 0 Å². The predicted octanol–water partition coefficient (Wildman–Crippen LogP) is 1.30. The highest BCUT2D eigenvalue weighted by atomic mass is 16.2. The number of piperidine rings is 2. The number of likely N-dealkylation sites (tertiary alicyclic amines) is 1. The van der Waals surface area contributed by atoms with Crippen LogP contribution < -0.4 is 5.32 Å². The summed E-state index contributed by atoms with van der Waals surface area (Å²) in [5.41, 5.74) is 0.00127. The molecule has 0 aromatic rings. The topological polar surface area (TPSA) is 49.4 Å². The molecule has 0 radical (unpaired) electrons. The van der Waals surface area contributed by atoms with E-state index in [9.17, 15) is 9.59 Å². The summed E-state index contributed by atoms with van der Waals surface area (Å²) in [5.74, 6) is 1.42. The highest BCUT2D eigenvalue weighted by Gasteiger charge is 2.44. The van der Waals surface area contributed by atoms with Gasteiger partial charge < -0.3 is 10.2 Å². The highest BCUT2D eigenvalue weighted by Crippen LogP contribution is 2.40. The molecular weight excluding hydrogens is 228 g/mol. The molecule has 0 aromatic heterocycles. The van der Waals surface area contributed by atoms with Gasteiger partial charge in [-0.25, -0.2) is 0 Å². The molecule has 1 N–H and O–H groups in total. The van der Waals surface area contributed by atoms with Crippen molar-refractivity contribution in [2.75, 3.05) is 13.1 Å². The second-order valence-corrected chi connectivity index (χ2v) is 6.33. The van der Waals surface area contributed by atoms with Crippen molar-refractivity contribution in [2.24, 2.45) is 11.8 Å². The number of hydrogen-bond acceptors (Lipinski definition) is 2. The van der Waals surface area contributed by atoms with Crippen LogP contribution in [-0.4, -0.2) is 35.3 Å². The fraction of sp³-hybridized carbons (Fsp3) is 0.857. The molecule has 100 valence electrons. The van der Waals surface area contributed by atoms with Crippen LogP contribution in [0.4, 0.5) is 0 Å². The zero-order valence-electron chi connectivity index (χ0n) is 11.1. The van der Waals surface area contributed by atoms with Crippen molar-refractivity contribution in [3.8, 4) is 0 Å². The molecule has 2 heterocycles. The summed E-state index contributed by atoms with van der Waals surface area (Å²) in [6.07, 6.45) is 5.69. The molecule has 18 heavy (non-hydrogen) atoms. The lowest BCUT2D eigenvalue weighted by molar-refractivity contribution is -0.135. The van der Waals surface area contributed by atoms with Gasteiger partial charge in [0.25, 0.3) is 0 Å². The third-order valence-electron chi connectivity index (χ3n) is 4.92. The van der Waals surface area contributed by atoms with Crippen LogP contribution in [0, 0.1) is 11.8 Å². The van der Waals surface area contributed by atoms with Crippen LogP contribution in [0.1, 0.15) is 45.4 Å². The Morgan fingerprint density at radius 2 is 2.00 bits per heavy atom. The Bertz CT molecular complexity index is 372. The molecule has 1 aliphatic carbocycles. The fourth-order valence-electron chi connectivity index (χ4n) is 3.44. The number of hydrogen-bond donors (Lipinski definition) is 1. The van der Waals surface area contributed by atoms with Crippen LogP contribution in [0.25, 0.3) is 0 Å². The number of nitrogens with one attached hydrogen (secondary N) is 1. The minimum atomic E-state index is 0.00127. The van der Waals surface area contributed by atoms with Crippen LogP contribution >= 0.6 is 0 Å². The molecule has 1 spiro atoms. The van der Waals surface area contributed by atoms with E-state index in [1.807, 2.05) is 4.90 Å². The minimum Gasteiger partial charge on any atom is -0.351 e. The molecule has 3 aliphatic rings. The summed E-state index contributed by atoms with van der Waals surface area (Å²) in [6, 6.07) is 0. The van der Waals surface area contributed by atoms with Gasteiger partial charge in [-0.3, -0.25) is 9.59 Å². The highest BCUT2D eigenvalue weighted by molar-refractivity contribution is 5.82. The molecule has 2 saturated heterocycles. The smallest absolute Gasteiger partial charge is 0.225 e. The molecule has 4 heteroatoms. The standard InChI is InChI=1S/C14H22N2O2/c1-10-9-11(10)13(18)16-7-5-14(6-8-16)4-2-3-12(17)15-14/h10-11H,2-9H2,1H3,(H,15,17)/t10-,11+/m0/s1. The van der Waals surface area contributed by atoms with Gasteiger partial charge in [0.05, 0.1) is 0 Å². The van der Waals surface area contributed by atoms with Gasteiger partial charge in [-0.15, -0.1) is 0 Å². The van der Waals surface area contributed by atoms with E-state index in [1.165, 1.54) is 0 Å². The van der Waals surface area contributed by atoms with Gasteiger partial charge >= 0.3 is 0 Å². The average molecular weight is 250 g/mol. The molecule has 2 amide bonds. The average Bonchev–Trinajstić information content (AvgIpc) is 3.06. The third-order valence-corrected chi connectivity index (χ3v) is 4.92. The molecule has 2 aliphatic heterocycles. The van der Waals surface area contributed by atoms with Crippen molar-refractivity contribution in [3.63, 3.8) is 0 Å². The van der Waals surface area contributed by atoms with Gasteiger partial charge in [-0.1, -0.05) is 6.92 Å². The van der Waals surface area contributed by atoms with E-state index in [0.29, 0.717) is 24.2 Å². The lowest BCUT2D eigenvalue weighted by atomic mass is 9.80. The Hall–Kier alpha value is -1.06. The first-order valence-electron chi connectivity index (χ1n) is 7.19. The fourth-order valence-corrected chi connectivity index (χ4v) is 3.44. The Kier molecular flexibility index (Phi) is 2.83. The van der Waals surface area contributed by atoms with Crippen LogP contribution in [0.3, 0.4) is 0 Å². The monoisotopic (exact) mass is 250 g/mol. The molecule has 3 rings (SSSR count). The summed E-state index contributed by atoms with van der Waals surface area (Å²) < 4.78 is 0. The van der Waals surface area contributed by atoms with Gasteiger partial charge in [0, 0.05) is 31.0 Å². The normalized spacial score (nSPS) is 34.3. The van der Waals surface area contributed by atoms with Crippen LogP contribution in [0.2, 0.25) is 0 Å². The first kappa shape index (κ1) is 12.0. The summed E-state index contributed by atoms with van der Waals surface area (Å²) >= 11 is 0. The molecule has 0 bridgehead atoms. The number of carbonyl (C=O) groups is 2. The maximum absolute atomic E-state index is 12.1. The van der Waals surface area contributed by atoms with Crippen LogP contribution in [-0.2, 0) is 9.59 Å². The second-order valence-electron chi connectivity index (χ2n) is 6.33. The van der Waals surface area contributed by atoms with Crippen molar-refractivity contribution in [1.29, 1.82) is 0 Å². The van der Waals surface area contributed by atoms with Crippen molar-refractivity contribution in [3.05, 3.63) is 0 Å². The predicted molar refractivity (Wildman–Crippen MR) is 67.8 cm³/mol. The van der Waals surface area contributed by atoms with E-state index in [2.05, 4.69) is 12.2 Å². The molecular formula is C14H22N2O2. The lowest BCUT2D eigenvalue weighted by Gasteiger charge is -2.44. The van der Waals surface area contributed by atoms with Gasteiger partial charge in [0.2, 0.25) is 11.8 Å². The SMILES string of the molecule is C[C@H]1C[C@H]1C(=O)N1CCC2(CCCC(=O)N2)CC1. The quantitative estimate of drug-likeness (QED) is 0.762. The summed E-state index contributed by atoms with van der Waals surface area (Å²) in [7, 11) is 0. The third kappa shape index (κ3) is 2.13. The molecule has 4 nitrogen and oxygen atoms in total. The molecule has 0 unspecified atom stereocenters. The van der Waals surface area contributed by atoms with Crippen molar-refractivity contribution < 1.29 is 9.59 Å². The van der Waals surface area contributed by atoms with E-state index in [1.54, 1.807) is 0 Å². The minimum absolute atomic E-state index is 0.00127. The van der Waals surface area contributed by atoms with Gasteiger partial charge in [-0.05, 0) is 38.0 Å². The van der Waals surface area contributed by atoms with E-state index in [0.717, 1.165) is 45.2 Å². The van der Waals surface area contributed by atoms with Crippen molar-refractivity contribution in [2.45, 2.75) is 51.0 Å². The maximum atomic E-state index is 12.1. The molecule has 3 fully saturated rings. The summed E-state index contributed by atoms with van der Waals surface area (Å²) in [5, 5.41) is 3.17. The Balaban J connectivity index is 1.57. The van der Waals surface area contributed by atoms with E-state index >= 15 is 0 Å². The first-order valence-corrected chi connectivity index (χ1v) is 7.19. The number of nitrogens with zero attached hydrogens (tertiary/aromatic N) is 1. The van der Waals surface area contributed by atoms with Crippen LogP contribution in [0.5, 0.6) is 0 Å². The van der Waals surface area contributed by atoms with Gasteiger partial charge in [0.15, 0.2) is 0 Å². The van der Waals surface area contributed by atoms with Crippen molar-refractivity contribution in [1.82, 2.24) is 10.2 Å². The first-order chi connectivity index (χ1) is 8.60. The number of carbonyl (C=O) groups excluding carboxylic acids is 2. The summed E-state index contributed by atoms with van der Waals surface area (Å²) in [4.78, 5) is 25.7. The molecule has 2 atom stereocenters. The van der Waals surface area contributed by atoms with Crippen molar-refractivity contribution >= 4 is 11.8 Å². The lowest BCUT2D eigenvalue weighted by Crippen LogP contribution is -2.58. The van der Waals surface area contributed by atoms with Gasteiger partial charge in [0.1, 0.15) is 0 Å². The molecule has 0 aromatic carbocycles. The maximum Gasteiger partial charge on any atom is 0.225 e. The number of amides is 2. The summed E-state index contributed by atoms with van der Waals surface area (Å²) in [6.45, 7) is 3.79. The zero-order valence-corrected chi connectivity index (χ0v) is 11.1. The Morgan fingerprint density at radius 1 is 1.33 bits per heavy atom. The zero-order chi connectivity index (χ0) is 12.8. The van der Waals surface area contributed by atoms with E-state index in [4.69, 9.17) is 0 Å². The Labute approximate surface area is 108 Å². The van der Waals surface area contributed by atoms with E-state index < -0.39 is 0 Å².